The summed E-state index contributed by atoms with van der Waals surface area (Å²) in [6.07, 6.45) is -2.90. The number of nitrogens with zero attached hydrogens (tertiary/aromatic N) is 3. The number of alkyl halides is 3. The predicted octanol–water partition coefficient (Wildman–Crippen LogP) is 4.50. The fourth-order valence-corrected chi connectivity index (χ4v) is 5.13. The van der Waals surface area contributed by atoms with Crippen LogP contribution in [0, 0.1) is 5.95 Å². The van der Waals surface area contributed by atoms with Gasteiger partial charge >= 0.3 is 6.18 Å². The second-order valence-corrected chi connectivity index (χ2v) is 9.60. The van der Waals surface area contributed by atoms with Crippen LogP contribution >= 0.6 is 0 Å². The largest absolute Gasteiger partial charge is 0.401 e. The molecule has 1 amide bonds. The molecule has 2 aliphatic heterocycles. The lowest BCUT2D eigenvalue weighted by Crippen LogP contribution is -2.40. The predicted molar refractivity (Wildman–Crippen MR) is 135 cm³/mol. The summed E-state index contributed by atoms with van der Waals surface area (Å²) in [6, 6.07) is 14.1. The molecule has 194 valence electrons. The summed E-state index contributed by atoms with van der Waals surface area (Å²) in [4.78, 5) is 19.4. The van der Waals surface area contributed by atoms with Crippen molar-refractivity contribution in [3.05, 3.63) is 65.6 Å². The van der Waals surface area contributed by atoms with Crippen molar-refractivity contribution in [1.82, 2.24) is 15.2 Å². The molecule has 1 aromatic heterocycles. The zero-order valence-electron chi connectivity index (χ0n) is 20.3. The number of fused-ring (bicyclic) bond motifs is 1. The molecular weight excluding hydrogens is 486 g/mol. The Kier molecular flexibility index (Phi) is 6.53. The number of carbonyl (C=O) groups excluding carboxylic acids is 1. The van der Waals surface area contributed by atoms with E-state index >= 15 is 0 Å². The van der Waals surface area contributed by atoms with Crippen molar-refractivity contribution in [2.24, 2.45) is 0 Å². The molecule has 6 nitrogen and oxygen atoms in total. The van der Waals surface area contributed by atoms with Crippen LogP contribution < -0.4 is 16.0 Å². The second-order valence-electron chi connectivity index (χ2n) is 9.60. The Labute approximate surface area is 212 Å². The van der Waals surface area contributed by atoms with Crippen molar-refractivity contribution in [1.29, 1.82) is 0 Å². The third-order valence-corrected chi connectivity index (χ3v) is 7.11. The second kappa shape index (κ2) is 9.66. The van der Waals surface area contributed by atoms with Crippen molar-refractivity contribution < 1.29 is 22.4 Å². The van der Waals surface area contributed by atoms with Gasteiger partial charge in [-0.1, -0.05) is 24.3 Å². The van der Waals surface area contributed by atoms with E-state index in [-0.39, 0.29) is 23.3 Å². The average Bonchev–Trinajstić information content (AvgIpc) is 3.34. The van der Waals surface area contributed by atoms with Gasteiger partial charge in [0, 0.05) is 48.1 Å². The lowest BCUT2D eigenvalue weighted by atomic mass is 9.94. The molecular formula is C27H27F4N5O. The smallest absolute Gasteiger partial charge is 0.383 e. The van der Waals surface area contributed by atoms with E-state index in [1.807, 2.05) is 23.1 Å². The van der Waals surface area contributed by atoms with E-state index in [0.29, 0.717) is 49.2 Å². The van der Waals surface area contributed by atoms with Crippen LogP contribution in [0.5, 0.6) is 0 Å². The van der Waals surface area contributed by atoms with Crippen LogP contribution in [-0.4, -0.2) is 61.2 Å². The Morgan fingerprint density at radius 3 is 2.54 bits per heavy atom. The van der Waals surface area contributed by atoms with Gasteiger partial charge in [0.25, 0.3) is 5.91 Å². The number of nitrogen functional groups attached to an aromatic ring is 1. The highest BCUT2D eigenvalue weighted by Gasteiger charge is 2.34. The quantitative estimate of drug-likeness (QED) is 0.388. The molecule has 1 fully saturated rings. The fourth-order valence-electron chi connectivity index (χ4n) is 5.13. The van der Waals surface area contributed by atoms with Crippen molar-refractivity contribution in [3.63, 3.8) is 0 Å². The number of nitrogens with two attached hydrogens (primary N) is 1. The zero-order chi connectivity index (χ0) is 26.3. The monoisotopic (exact) mass is 513 g/mol. The highest BCUT2D eigenvalue weighted by Crippen LogP contribution is 2.34. The van der Waals surface area contributed by atoms with Gasteiger partial charge in [-0.2, -0.15) is 17.6 Å². The minimum Gasteiger partial charge on any atom is -0.383 e. The molecule has 3 N–H and O–H groups in total. The summed E-state index contributed by atoms with van der Waals surface area (Å²) < 4.78 is 53.1. The molecule has 0 aliphatic carbocycles. The van der Waals surface area contributed by atoms with Crippen LogP contribution in [0.4, 0.5) is 29.1 Å². The normalized spacial score (nSPS) is 17.7. The Morgan fingerprint density at radius 2 is 1.81 bits per heavy atom. The number of carbonyl (C=O) groups is 1. The van der Waals surface area contributed by atoms with Crippen molar-refractivity contribution >= 4 is 17.4 Å². The molecule has 0 saturated carbocycles. The van der Waals surface area contributed by atoms with Gasteiger partial charge in [-0.25, -0.2) is 4.98 Å². The number of pyridine rings is 1. The molecule has 3 heterocycles. The molecule has 2 aromatic carbocycles. The van der Waals surface area contributed by atoms with Crippen LogP contribution in [0.15, 0.2) is 48.5 Å². The highest BCUT2D eigenvalue weighted by atomic mass is 19.4. The summed E-state index contributed by atoms with van der Waals surface area (Å²) >= 11 is 0. The minimum atomic E-state index is -4.23. The van der Waals surface area contributed by atoms with Gasteiger partial charge in [-0.3, -0.25) is 9.69 Å². The molecule has 10 heteroatoms. The molecule has 1 saturated heterocycles. The zero-order valence-corrected chi connectivity index (χ0v) is 20.3. The number of hydrogen-bond acceptors (Lipinski definition) is 5. The standard InChI is InChI=1S/C27H27F4N5O/c1-35(15-27(29,30)31)20-9-11-36(14-20)19-5-2-16(3-6-19)22-13-23(25(32)34-24(22)28)17-4-7-21-18(12-17)8-10-33-26(21)37/h2-7,12-13,20H,8-11,14-15H2,1H3,(H2,32,34)(H,33,37). The Bertz CT molecular complexity index is 1330. The molecule has 0 radical (unpaired) electrons. The molecule has 0 spiro atoms. The van der Waals surface area contributed by atoms with Gasteiger partial charge in [-0.15, -0.1) is 0 Å². The third kappa shape index (κ3) is 5.24. The first kappa shape index (κ1) is 25.0. The lowest BCUT2D eigenvalue weighted by Gasteiger charge is -2.26. The number of benzene rings is 2. The van der Waals surface area contributed by atoms with Crippen LogP contribution in [0.2, 0.25) is 0 Å². The Balaban J connectivity index is 1.37. The number of halogens is 4. The first-order valence-corrected chi connectivity index (χ1v) is 12.1. The minimum absolute atomic E-state index is 0.0594. The average molecular weight is 514 g/mol. The van der Waals surface area contributed by atoms with Crippen molar-refractivity contribution in [3.8, 4) is 22.3 Å². The number of anilines is 2. The molecule has 1 unspecified atom stereocenters. The van der Waals surface area contributed by atoms with Gasteiger partial charge in [0.2, 0.25) is 5.95 Å². The van der Waals surface area contributed by atoms with Gasteiger partial charge in [-0.05, 0) is 60.8 Å². The lowest BCUT2D eigenvalue weighted by molar-refractivity contribution is -0.146. The maximum absolute atomic E-state index is 14.9. The van der Waals surface area contributed by atoms with Crippen LogP contribution in [0.25, 0.3) is 22.3 Å². The summed E-state index contributed by atoms with van der Waals surface area (Å²) in [6.45, 7) is 0.753. The molecule has 5 rings (SSSR count). The van der Waals surface area contributed by atoms with Gasteiger partial charge in [0.15, 0.2) is 0 Å². The number of nitrogens with one attached hydrogen (secondary N) is 1. The Morgan fingerprint density at radius 1 is 1.08 bits per heavy atom. The Hall–Kier alpha value is -3.66. The molecule has 0 bridgehead atoms. The molecule has 37 heavy (non-hydrogen) atoms. The first-order valence-electron chi connectivity index (χ1n) is 12.1. The number of amides is 1. The van der Waals surface area contributed by atoms with E-state index in [1.165, 1.54) is 11.9 Å². The first-order chi connectivity index (χ1) is 17.6. The number of aromatic nitrogens is 1. The summed E-state index contributed by atoms with van der Waals surface area (Å²) in [7, 11) is 1.50. The van der Waals surface area contributed by atoms with E-state index in [1.54, 1.807) is 30.3 Å². The van der Waals surface area contributed by atoms with Gasteiger partial charge in [0.05, 0.1) is 6.54 Å². The van der Waals surface area contributed by atoms with E-state index in [9.17, 15) is 22.4 Å². The van der Waals surface area contributed by atoms with Gasteiger partial charge in [0.1, 0.15) is 5.82 Å². The van der Waals surface area contributed by atoms with E-state index < -0.39 is 18.7 Å². The summed E-state index contributed by atoms with van der Waals surface area (Å²) in [5, 5.41) is 2.81. The van der Waals surface area contributed by atoms with E-state index in [4.69, 9.17) is 5.73 Å². The van der Waals surface area contributed by atoms with Crippen LogP contribution in [0.1, 0.15) is 22.3 Å². The fraction of sp³-hybridized carbons (Fsp3) is 0.333. The molecule has 3 aromatic rings. The topological polar surface area (TPSA) is 74.5 Å². The number of likely N-dealkylation sites (N-methyl/N-ethyl adjacent to an activating group) is 1. The van der Waals surface area contributed by atoms with Crippen molar-refractivity contribution in [2.75, 3.05) is 43.9 Å². The van der Waals surface area contributed by atoms with E-state index in [2.05, 4.69) is 10.3 Å². The molecule has 2 aliphatic rings. The summed E-state index contributed by atoms with van der Waals surface area (Å²) in [5.74, 6) is -0.749. The number of hydrogen-bond donors (Lipinski definition) is 2. The van der Waals surface area contributed by atoms with Crippen LogP contribution in [0.3, 0.4) is 0 Å². The SMILES string of the molecule is CN(CC(F)(F)F)C1CCN(c2ccc(-c3cc(-c4ccc5c(c4)CCNC5=O)c(N)nc3F)cc2)C1. The summed E-state index contributed by atoms with van der Waals surface area (Å²) in [5.41, 5.74) is 10.7. The van der Waals surface area contributed by atoms with Crippen molar-refractivity contribution in [2.45, 2.75) is 25.1 Å². The highest BCUT2D eigenvalue weighted by molar-refractivity contribution is 5.97. The maximum atomic E-state index is 14.9. The number of rotatable bonds is 5. The maximum Gasteiger partial charge on any atom is 0.401 e. The third-order valence-electron chi connectivity index (χ3n) is 7.11. The van der Waals surface area contributed by atoms with Gasteiger partial charge < -0.3 is 16.0 Å². The van der Waals surface area contributed by atoms with Crippen LogP contribution in [-0.2, 0) is 6.42 Å². The molecule has 1 atom stereocenters. The van der Waals surface area contributed by atoms with E-state index in [0.717, 1.165) is 16.8 Å².